The van der Waals surface area contributed by atoms with E-state index in [1.807, 2.05) is 67.7 Å². The van der Waals surface area contributed by atoms with Crippen molar-refractivity contribution in [1.82, 2.24) is 10.6 Å². The van der Waals surface area contributed by atoms with Gasteiger partial charge >= 0.3 is 0 Å². The average molecular weight is 622 g/mol. The summed E-state index contributed by atoms with van der Waals surface area (Å²) in [5.41, 5.74) is 10.3. The zero-order chi connectivity index (χ0) is 31.0. The minimum Gasteiger partial charge on any atom is -0.497 e. The number of ether oxygens (including phenoxy) is 1. The first-order valence-corrected chi connectivity index (χ1v) is 17.8. The number of hydrogen-bond donors (Lipinski definition) is 5. The zero-order valence-corrected chi connectivity index (χ0v) is 26.6. The fourth-order valence-corrected chi connectivity index (χ4v) is 5.93. The maximum atomic E-state index is 12.9. The minimum absolute atomic E-state index is 0.126. The molecule has 0 saturated carbocycles. The van der Waals surface area contributed by atoms with Gasteiger partial charge in [0.2, 0.25) is 14.2 Å². The molecule has 1 heterocycles. The van der Waals surface area contributed by atoms with E-state index in [0.717, 1.165) is 41.3 Å². The molecule has 0 bridgehead atoms. The summed E-state index contributed by atoms with van der Waals surface area (Å²) < 4.78 is 5.44. The number of nitrogens with zero attached hydrogens (tertiary/aromatic N) is 1. The second-order valence-electron chi connectivity index (χ2n) is 11.1. The van der Waals surface area contributed by atoms with Crippen LogP contribution >= 0.6 is 11.6 Å². The Morgan fingerprint density at radius 2 is 1.67 bits per heavy atom. The predicted octanol–water partition coefficient (Wildman–Crippen LogP) is 3.78. The number of unbranched alkanes of at least 4 members (excludes halogenated alkanes) is 2. The van der Waals surface area contributed by atoms with E-state index in [1.165, 1.54) is 0 Å². The fraction of sp³-hybridized carbons (Fsp3) is 0.344. The number of amides is 2. The number of fused-ring (bicyclic) bond motifs is 1. The number of nitrogens with two attached hydrogens (primary N) is 1. The third kappa shape index (κ3) is 8.90. The molecular weight excluding hydrogens is 582 g/mol. The van der Waals surface area contributed by atoms with Gasteiger partial charge in [-0.2, -0.15) is 0 Å². The first-order chi connectivity index (χ1) is 20.5. The van der Waals surface area contributed by atoms with Crippen LogP contribution in [0.3, 0.4) is 0 Å². The predicted molar refractivity (Wildman–Crippen MR) is 175 cm³/mol. The van der Waals surface area contributed by atoms with Crippen LogP contribution in [0.1, 0.15) is 47.2 Å². The monoisotopic (exact) mass is 621 g/mol. The van der Waals surface area contributed by atoms with Crippen molar-refractivity contribution in [1.29, 1.82) is 0 Å². The van der Waals surface area contributed by atoms with Crippen molar-refractivity contribution < 1.29 is 19.1 Å². The van der Waals surface area contributed by atoms with Gasteiger partial charge in [-0.25, -0.2) is 0 Å². The molecule has 228 valence electrons. The second-order valence-corrected chi connectivity index (χ2v) is 15.3. The lowest BCUT2D eigenvalue weighted by Gasteiger charge is -2.20. The van der Waals surface area contributed by atoms with E-state index in [4.69, 9.17) is 27.1 Å². The summed E-state index contributed by atoms with van der Waals surface area (Å²) in [7, 11) is -0.771. The van der Waals surface area contributed by atoms with Gasteiger partial charge in [0.15, 0.2) is 0 Å². The molecule has 0 spiro atoms. The highest BCUT2D eigenvalue weighted by molar-refractivity contribution is 6.83. The molecule has 2 amide bonds. The molecule has 0 aromatic heterocycles. The van der Waals surface area contributed by atoms with Crippen LogP contribution in [0.25, 0.3) is 0 Å². The number of carbonyl (C=O) groups is 2. The Kier molecular flexibility index (Phi) is 11.0. The van der Waals surface area contributed by atoms with Crippen molar-refractivity contribution >= 4 is 48.3 Å². The minimum atomic E-state index is -2.38. The molecule has 43 heavy (non-hydrogen) atoms. The number of benzene rings is 3. The van der Waals surface area contributed by atoms with Crippen LogP contribution in [0.5, 0.6) is 5.75 Å². The van der Waals surface area contributed by atoms with Gasteiger partial charge in [-0.15, -0.1) is 0 Å². The molecule has 1 aliphatic rings. The maximum Gasteiger partial charge on any atom is 0.251 e. The van der Waals surface area contributed by atoms with Crippen molar-refractivity contribution in [2.24, 2.45) is 10.7 Å². The van der Waals surface area contributed by atoms with Crippen molar-refractivity contribution in [2.45, 2.75) is 51.0 Å². The van der Waals surface area contributed by atoms with Crippen molar-refractivity contribution in [3.8, 4) is 5.75 Å². The number of rotatable bonds is 12. The summed E-state index contributed by atoms with van der Waals surface area (Å²) in [6.07, 6.45) is 1.99. The normalized spacial score (nSPS) is 16.3. The lowest BCUT2D eigenvalue weighted by molar-refractivity contribution is -0.121. The first-order valence-electron chi connectivity index (χ1n) is 14.5. The summed E-state index contributed by atoms with van der Waals surface area (Å²) in [5, 5.41) is 10.7. The topological polar surface area (TPSA) is 138 Å². The number of hydrogen-bond acceptors (Lipinski definition) is 7. The molecule has 1 unspecified atom stereocenters. The van der Waals surface area contributed by atoms with Crippen LogP contribution in [0.4, 0.5) is 5.69 Å². The molecule has 0 aliphatic carbocycles. The van der Waals surface area contributed by atoms with E-state index in [0.29, 0.717) is 35.1 Å². The number of carbonyl (C=O) groups excluding carboxylic acids is 2. The molecule has 0 fully saturated rings. The Morgan fingerprint density at radius 3 is 2.33 bits per heavy atom. The Bertz CT molecular complexity index is 1440. The van der Waals surface area contributed by atoms with Gasteiger partial charge in [-0.1, -0.05) is 35.9 Å². The third-order valence-corrected chi connectivity index (χ3v) is 9.34. The second kappa shape index (κ2) is 14.7. The van der Waals surface area contributed by atoms with Gasteiger partial charge in [0, 0.05) is 40.5 Å². The van der Waals surface area contributed by atoms with E-state index in [9.17, 15) is 14.4 Å². The van der Waals surface area contributed by atoms with Gasteiger partial charge in [-0.3, -0.25) is 14.6 Å². The first kappa shape index (κ1) is 32.2. The van der Waals surface area contributed by atoms with Gasteiger partial charge in [0.1, 0.15) is 5.75 Å². The molecular formula is C32H40ClN5O4Si. The SMILES string of the molecule is COc1ccc2c(c1)C(c1ccc(Cl)cc1)=N[C@@H](CC(=O)NCCCCCNC(=O)c1ccc([Si](C)(C)O)cc1)C(N)N2. The molecule has 0 saturated heterocycles. The summed E-state index contributed by atoms with van der Waals surface area (Å²) in [6, 6.07) is 19.7. The van der Waals surface area contributed by atoms with Gasteiger partial charge in [0.25, 0.3) is 5.91 Å². The van der Waals surface area contributed by atoms with Crippen LogP contribution in [-0.2, 0) is 4.79 Å². The number of halogens is 1. The standard InChI is InChI=1S/C32H40ClN5O4Si/c1-42-24-13-16-27-26(19-24)30(21-7-11-23(33)12-8-21)37-28(31(34)38-27)20-29(39)35-17-5-4-6-18-36-32(40)22-9-14-25(15-10-22)43(2,3)41/h7-16,19,28,31,38,41H,4-6,17-18,20,34H2,1-3H3,(H,35,39)(H,36,40)/t28-,31?/m0/s1. The van der Waals surface area contributed by atoms with E-state index in [-0.39, 0.29) is 18.2 Å². The molecule has 3 aromatic rings. The van der Waals surface area contributed by atoms with Crippen molar-refractivity contribution in [2.75, 3.05) is 25.5 Å². The largest absolute Gasteiger partial charge is 0.497 e. The number of benzodiazepines with no additional fused rings is 1. The summed E-state index contributed by atoms with van der Waals surface area (Å²) in [5.74, 6) is 0.425. The maximum absolute atomic E-state index is 12.9. The van der Waals surface area contributed by atoms with E-state index < -0.39 is 20.5 Å². The average Bonchev–Trinajstić information content (AvgIpc) is 3.12. The summed E-state index contributed by atoms with van der Waals surface area (Å²) in [6.45, 7) is 4.76. The number of anilines is 1. The van der Waals surface area contributed by atoms with E-state index in [1.54, 1.807) is 19.2 Å². The van der Waals surface area contributed by atoms with Crippen molar-refractivity contribution in [3.05, 3.63) is 88.4 Å². The van der Waals surface area contributed by atoms with Crippen LogP contribution in [0.15, 0.2) is 71.7 Å². The Morgan fingerprint density at radius 1 is 1.00 bits per heavy atom. The third-order valence-electron chi connectivity index (χ3n) is 7.34. The molecule has 6 N–H and O–H groups in total. The fourth-order valence-electron chi connectivity index (χ4n) is 4.82. The van der Waals surface area contributed by atoms with Gasteiger partial charge < -0.3 is 31.2 Å². The molecule has 0 radical (unpaired) electrons. The Hall–Kier alpha value is -3.70. The smallest absolute Gasteiger partial charge is 0.251 e. The van der Waals surface area contributed by atoms with E-state index in [2.05, 4.69) is 16.0 Å². The highest BCUT2D eigenvalue weighted by Crippen LogP contribution is 2.29. The summed E-state index contributed by atoms with van der Waals surface area (Å²) >= 11 is 6.13. The summed E-state index contributed by atoms with van der Waals surface area (Å²) in [4.78, 5) is 40.4. The molecule has 3 aromatic carbocycles. The molecule has 9 nitrogen and oxygen atoms in total. The molecule has 1 aliphatic heterocycles. The van der Waals surface area contributed by atoms with Gasteiger partial charge in [-0.05, 0) is 80.0 Å². The Balaban J connectivity index is 1.26. The van der Waals surface area contributed by atoms with Gasteiger partial charge in [0.05, 0.1) is 31.4 Å². The van der Waals surface area contributed by atoms with Crippen LogP contribution < -0.4 is 31.6 Å². The van der Waals surface area contributed by atoms with Crippen LogP contribution in [0, 0.1) is 0 Å². The quantitative estimate of drug-likeness (QED) is 0.154. The molecule has 4 rings (SSSR count). The zero-order valence-electron chi connectivity index (χ0n) is 24.8. The lowest BCUT2D eigenvalue weighted by Crippen LogP contribution is -2.43. The highest BCUT2D eigenvalue weighted by atomic mass is 35.5. The number of nitrogens with one attached hydrogen (secondary N) is 3. The Labute approximate surface area is 259 Å². The lowest BCUT2D eigenvalue weighted by atomic mass is 10.00. The van der Waals surface area contributed by atoms with E-state index >= 15 is 0 Å². The molecule has 2 atom stereocenters. The highest BCUT2D eigenvalue weighted by Gasteiger charge is 2.27. The number of aliphatic imine (C=N–C) groups is 1. The number of methoxy groups -OCH3 is 1. The van der Waals surface area contributed by atoms with Crippen molar-refractivity contribution in [3.63, 3.8) is 0 Å². The van der Waals surface area contributed by atoms with Crippen LogP contribution in [-0.4, -0.2) is 63.0 Å². The van der Waals surface area contributed by atoms with Crippen LogP contribution in [0.2, 0.25) is 18.1 Å². The molecule has 11 heteroatoms.